The quantitative estimate of drug-likeness (QED) is 0.859. The van der Waals surface area contributed by atoms with Gasteiger partial charge >= 0.3 is 0 Å². The standard InChI is InChI=1S/C12H18N2OS/c13-10-3-5-14(6-4-10)9-11(15)8-12-2-1-7-16-12/h1-2,7,10H,3-6,8-9,13H2. The fourth-order valence-electron chi connectivity index (χ4n) is 2.02. The maximum absolute atomic E-state index is 11.8. The second-order valence-electron chi connectivity index (χ2n) is 4.41. The van der Waals surface area contributed by atoms with E-state index in [4.69, 9.17) is 5.73 Å². The largest absolute Gasteiger partial charge is 0.328 e. The van der Waals surface area contributed by atoms with Crippen molar-refractivity contribution in [3.8, 4) is 0 Å². The van der Waals surface area contributed by atoms with Crippen molar-refractivity contribution in [2.45, 2.75) is 25.3 Å². The van der Waals surface area contributed by atoms with Gasteiger partial charge in [0.1, 0.15) is 0 Å². The first-order chi connectivity index (χ1) is 7.74. The first kappa shape index (κ1) is 11.8. The molecule has 2 N–H and O–H groups in total. The van der Waals surface area contributed by atoms with Crippen LogP contribution in [0.5, 0.6) is 0 Å². The van der Waals surface area contributed by atoms with Gasteiger partial charge in [-0.05, 0) is 24.3 Å². The maximum Gasteiger partial charge on any atom is 0.152 e. The molecule has 0 saturated carbocycles. The summed E-state index contributed by atoms with van der Waals surface area (Å²) in [5.74, 6) is 0.318. The summed E-state index contributed by atoms with van der Waals surface area (Å²) in [6, 6.07) is 4.35. The SMILES string of the molecule is NC1CCN(CC(=O)Cc2cccs2)CC1. The smallest absolute Gasteiger partial charge is 0.152 e. The molecule has 0 amide bonds. The second-order valence-corrected chi connectivity index (χ2v) is 5.44. The van der Waals surface area contributed by atoms with Crippen molar-refractivity contribution in [3.63, 3.8) is 0 Å². The maximum atomic E-state index is 11.8. The minimum atomic E-state index is 0.318. The lowest BCUT2D eigenvalue weighted by Gasteiger charge is -2.29. The number of carbonyl (C=O) groups excluding carboxylic acids is 1. The lowest BCUT2D eigenvalue weighted by molar-refractivity contribution is -0.119. The van der Waals surface area contributed by atoms with Crippen molar-refractivity contribution in [2.75, 3.05) is 19.6 Å². The molecule has 0 spiro atoms. The van der Waals surface area contributed by atoms with Crippen LogP contribution in [-0.4, -0.2) is 36.4 Å². The van der Waals surface area contributed by atoms with Crippen LogP contribution in [0.15, 0.2) is 17.5 Å². The molecule has 1 aliphatic heterocycles. The van der Waals surface area contributed by atoms with Gasteiger partial charge in [-0.3, -0.25) is 9.69 Å². The van der Waals surface area contributed by atoms with Gasteiger partial charge in [0.15, 0.2) is 5.78 Å². The lowest BCUT2D eigenvalue weighted by atomic mass is 10.1. The van der Waals surface area contributed by atoms with Crippen molar-refractivity contribution in [1.82, 2.24) is 4.90 Å². The monoisotopic (exact) mass is 238 g/mol. The Morgan fingerprint density at radius 3 is 2.88 bits per heavy atom. The molecule has 2 heterocycles. The number of hydrogen-bond acceptors (Lipinski definition) is 4. The van der Waals surface area contributed by atoms with Crippen molar-refractivity contribution in [3.05, 3.63) is 22.4 Å². The average molecular weight is 238 g/mol. The molecule has 0 atom stereocenters. The Morgan fingerprint density at radius 2 is 2.25 bits per heavy atom. The predicted molar refractivity (Wildman–Crippen MR) is 66.7 cm³/mol. The second kappa shape index (κ2) is 5.57. The van der Waals surface area contributed by atoms with Crippen LogP contribution >= 0.6 is 11.3 Å². The zero-order valence-electron chi connectivity index (χ0n) is 9.39. The highest BCUT2D eigenvalue weighted by Crippen LogP contribution is 2.11. The average Bonchev–Trinajstić information content (AvgIpc) is 2.74. The summed E-state index contributed by atoms with van der Waals surface area (Å²) in [7, 11) is 0. The number of hydrogen-bond donors (Lipinski definition) is 1. The fraction of sp³-hybridized carbons (Fsp3) is 0.583. The van der Waals surface area contributed by atoms with Gasteiger partial charge in [-0.15, -0.1) is 11.3 Å². The first-order valence-electron chi connectivity index (χ1n) is 5.76. The Labute approximate surface area is 100 Å². The number of carbonyl (C=O) groups is 1. The Morgan fingerprint density at radius 1 is 1.50 bits per heavy atom. The molecule has 2 rings (SSSR count). The van der Waals surface area contributed by atoms with E-state index in [1.807, 2.05) is 17.5 Å². The van der Waals surface area contributed by atoms with E-state index in [9.17, 15) is 4.79 Å². The molecule has 1 saturated heterocycles. The van der Waals surface area contributed by atoms with Crippen LogP contribution < -0.4 is 5.73 Å². The molecule has 0 aliphatic carbocycles. The van der Waals surface area contributed by atoms with Gasteiger partial charge in [-0.1, -0.05) is 6.07 Å². The Bertz CT molecular complexity index is 329. The van der Waals surface area contributed by atoms with Gasteiger partial charge in [-0.25, -0.2) is 0 Å². The van der Waals surface area contributed by atoms with E-state index in [1.165, 1.54) is 4.88 Å². The number of nitrogens with two attached hydrogens (primary N) is 1. The molecule has 1 fully saturated rings. The number of thiophene rings is 1. The highest BCUT2D eigenvalue weighted by Gasteiger charge is 2.18. The predicted octanol–water partition coefficient (Wildman–Crippen LogP) is 1.28. The molecule has 0 aromatic carbocycles. The summed E-state index contributed by atoms with van der Waals surface area (Å²) < 4.78 is 0. The highest BCUT2D eigenvalue weighted by molar-refractivity contribution is 7.10. The summed E-state index contributed by atoms with van der Waals surface area (Å²) in [6.07, 6.45) is 2.62. The third-order valence-electron chi connectivity index (χ3n) is 2.98. The van der Waals surface area contributed by atoms with Crippen LogP contribution in [0.1, 0.15) is 17.7 Å². The van der Waals surface area contributed by atoms with Crippen LogP contribution in [0.2, 0.25) is 0 Å². The Hall–Kier alpha value is -0.710. The number of nitrogens with zero attached hydrogens (tertiary/aromatic N) is 1. The zero-order chi connectivity index (χ0) is 11.4. The van der Waals surface area contributed by atoms with Crippen LogP contribution in [0.3, 0.4) is 0 Å². The van der Waals surface area contributed by atoms with E-state index in [0.29, 0.717) is 24.8 Å². The van der Waals surface area contributed by atoms with E-state index in [0.717, 1.165) is 25.9 Å². The number of rotatable bonds is 4. The molecule has 88 valence electrons. The van der Waals surface area contributed by atoms with Crippen molar-refractivity contribution >= 4 is 17.1 Å². The Kier molecular flexibility index (Phi) is 4.09. The molecule has 0 unspecified atom stereocenters. The molecule has 3 nitrogen and oxygen atoms in total. The van der Waals surface area contributed by atoms with Crippen molar-refractivity contribution in [2.24, 2.45) is 5.73 Å². The number of likely N-dealkylation sites (tertiary alicyclic amines) is 1. The summed E-state index contributed by atoms with van der Waals surface area (Å²) in [5, 5.41) is 2.02. The van der Waals surface area contributed by atoms with Crippen LogP contribution in [-0.2, 0) is 11.2 Å². The number of Topliss-reactive ketones (excluding diaryl/α,β-unsaturated/α-hetero) is 1. The van der Waals surface area contributed by atoms with Crippen LogP contribution in [0.25, 0.3) is 0 Å². The normalized spacial score (nSPS) is 18.8. The molecular formula is C12H18N2OS. The van der Waals surface area contributed by atoms with Crippen molar-refractivity contribution < 1.29 is 4.79 Å². The molecule has 1 aliphatic rings. The third-order valence-corrected chi connectivity index (χ3v) is 3.86. The van der Waals surface area contributed by atoms with Gasteiger partial charge in [0, 0.05) is 30.4 Å². The number of piperidine rings is 1. The molecule has 0 bridgehead atoms. The molecule has 16 heavy (non-hydrogen) atoms. The Balaban J connectivity index is 1.75. The lowest BCUT2D eigenvalue weighted by Crippen LogP contribution is -2.42. The topological polar surface area (TPSA) is 46.3 Å². The van der Waals surface area contributed by atoms with E-state index >= 15 is 0 Å². The van der Waals surface area contributed by atoms with Crippen LogP contribution in [0.4, 0.5) is 0 Å². The molecule has 0 radical (unpaired) electrons. The van der Waals surface area contributed by atoms with Gasteiger partial charge in [0.25, 0.3) is 0 Å². The van der Waals surface area contributed by atoms with Gasteiger partial charge < -0.3 is 5.73 Å². The van der Waals surface area contributed by atoms with Crippen molar-refractivity contribution in [1.29, 1.82) is 0 Å². The summed E-state index contributed by atoms with van der Waals surface area (Å²) in [5.41, 5.74) is 5.83. The van der Waals surface area contributed by atoms with Gasteiger partial charge in [0.05, 0.1) is 6.54 Å². The van der Waals surface area contributed by atoms with E-state index in [1.54, 1.807) is 11.3 Å². The third kappa shape index (κ3) is 3.40. The molecular weight excluding hydrogens is 220 g/mol. The van der Waals surface area contributed by atoms with E-state index in [2.05, 4.69) is 4.90 Å². The number of ketones is 1. The van der Waals surface area contributed by atoms with Crippen LogP contribution in [0, 0.1) is 0 Å². The minimum Gasteiger partial charge on any atom is -0.328 e. The van der Waals surface area contributed by atoms with E-state index < -0.39 is 0 Å². The first-order valence-corrected chi connectivity index (χ1v) is 6.64. The van der Waals surface area contributed by atoms with Gasteiger partial charge in [0.2, 0.25) is 0 Å². The summed E-state index contributed by atoms with van der Waals surface area (Å²) in [6.45, 7) is 2.53. The molecule has 1 aromatic rings. The fourth-order valence-corrected chi connectivity index (χ4v) is 2.76. The van der Waals surface area contributed by atoms with Gasteiger partial charge in [-0.2, -0.15) is 0 Å². The van der Waals surface area contributed by atoms with E-state index in [-0.39, 0.29) is 0 Å². The zero-order valence-corrected chi connectivity index (χ0v) is 10.2. The highest BCUT2D eigenvalue weighted by atomic mass is 32.1. The minimum absolute atomic E-state index is 0.318. The molecule has 4 heteroatoms. The molecule has 1 aromatic heterocycles. The summed E-state index contributed by atoms with van der Waals surface area (Å²) >= 11 is 1.65. The summed E-state index contributed by atoms with van der Waals surface area (Å²) in [4.78, 5) is 15.2.